The Morgan fingerprint density at radius 1 is 1.13 bits per heavy atom. The molecule has 7 nitrogen and oxygen atoms in total. The van der Waals surface area contributed by atoms with Crippen LogP contribution in [-0.2, 0) is 4.79 Å². The third-order valence-corrected chi connectivity index (χ3v) is 5.21. The first kappa shape index (κ1) is 19.6. The van der Waals surface area contributed by atoms with Crippen molar-refractivity contribution in [1.29, 1.82) is 0 Å². The predicted octanol–water partition coefficient (Wildman–Crippen LogP) is 3.33. The molecule has 2 aromatic carbocycles. The lowest BCUT2D eigenvalue weighted by Gasteiger charge is -2.35. The average molecular weight is 407 g/mol. The number of rotatable bonds is 3. The van der Waals surface area contributed by atoms with Crippen molar-refractivity contribution in [2.45, 2.75) is 19.9 Å². The average Bonchev–Trinajstić information content (AvgIpc) is 3.04. The molecule has 0 saturated carbocycles. The van der Waals surface area contributed by atoms with Gasteiger partial charge in [-0.1, -0.05) is 30.3 Å². The summed E-state index contributed by atoms with van der Waals surface area (Å²) in [6.07, 6.45) is 0. The molecule has 1 saturated heterocycles. The van der Waals surface area contributed by atoms with Gasteiger partial charge in [0.25, 0.3) is 0 Å². The van der Waals surface area contributed by atoms with Gasteiger partial charge < -0.3 is 15.5 Å². The molecule has 3 amide bonds. The van der Waals surface area contributed by atoms with E-state index in [1.165, 1.54) is 17.0 Å². The maximum absolute atomic E-state index is 14.0. The maximum atomic E-state index is 14.0. The van der Waals surface area contributed by atoms with Gasteiger partial charge in [-0.05, 0) is 38.1 Å². The van der Waals surface area contributed by atoms with Crippen molar-refractivity contribution in [3.63, 3.8) is 0 Å². The summed E-state index contributed by atoms with van der Waals surface area (Å²) in [4.78, 5) is 27.3. The van der Waals surface area contributed by atoms with E-state index in [9.17, 15) is 14.0 Å². The minimum Gasteiger partial charge on any atom is -0.352 e. The van der Waals surface area contributed by atoms with Crippen LogP contribution in [0.2, 0.25) is 0 Å². The van der Waals surface area contributed by atoms with Gasteiger partial charge in [0.1, 0.15) is 11.9 Å². The van der Waals surface area contributed by atoms with Crippen LogP contribution in [0.5, 0.6) is 0 Å². The molecule has 1 aromatic heterocycles. The number of hydrogen-bond acceptors (Lipinski definition) is 3. The highest BCUT2D eigenvalue weighted by atomic mass is 19.1. The number of hydrogen-bond donors (Lipinski definition) is 2. The number of aromatic nitrogens is 2. The quantitative estimate of drug-likeness (QED) is 0.699. The molecule has 154 valence electrons. The maximum Gasteiger partial charge on any atom is 0.322 e. The fourth-order valence-electron chi connectivity index (χ4n) is 3.79. The van der Waals surface area contributed by atoms with E-state index in [4.69, 9.17) is 0 Å². The smallest absolute Gasteiger partial charge is 0.322 e. The number of nitrogens with one attached hydrogen (secondary N) is 2. The van der Waals surface area contributed by atoms with Gasteiger partial charge >= 0.3 is 6.03 Å². The van der Waals surface area contributed by atoms with E-state index in [0.29, 0.717) is 24.3 Å². The summed E-state index contributed by atoms with van der Waals surface area (Å²) >= 11 is 0. The largest absolute Gasteiger partial charge is 0.352 e. The van der Waals surface area contributed by atoms with Gasteiger partial charge in [-0.3, -0.25) is 4.79 Å². The first-order valence-electron chi connectivity index (χ1n) is 9.69. The van der Waals surface area contributed by atoms with Crippen LogP contribution >= 0.6 is 0 Å². The molecule has 0 bridgehead atoms. The molecule has 1 aliphatic heterocycles. The second-order valence-electron chi connectivity index (χ2n) is 7.13. The van der Waals surface area contributed by atoms with Gasteiger partial charge in [-0.25, -0.2) is 13.9 Å². The highest BCUT2D eigenvalue weighted by Gasteiger charge is 2.38. The van der Waals surface area contributed by atoms with Crippen LogP contribution in [0, 0.1) is 19.7 Å². The number of urea groups is 1. The molecule has 1 unspecified atom stereocenters. The van der Waals surface area contributed by atoms with E-state index >= 15 is 0 Å². The number of carbonyl (C=O) groups excluding carboxylic acids is 2. The number of halogens is 1. The van der Waals surface area contributed by atoms with Gasteiger partial charge in [0.05, 0.1) is 17.1 Å². The van der Waals surface area contributed by atoms with Gasteiger partial charge in [0, 0.05) is 24.3 Å². The minimum absolute atomic E-state index is 0.0701. The van der Waals surface area contributed by atoms with Crippen molar-refractivity contribution in [2.24, 2.45) is 0 Å². The predicted molar refractivity (Wildman–Crippen MR) is 111 cm³/mol. The van der Waals surface area contributed by atoms with Crippen LogP contribution in [-0.4, -0.2) is 39.7 Å². The molecule has 1 atom stereocenters. The molecule has 4 rings (SSSR count). The first-order chi connectivity index (χ1) is 14.5. The van der Waals surface area contributed by atoms with Crippen molar-refractivity contribution in [3.05, 3.63) is 77.4 Å². The zero-order valence-electron chi connectivity index (χ0n) is 16.7. The number of amides is 3. The summed E-state index contributed by atoms with van der Waals surface area (Å²) in [7, 11) is 0. The van der Waals surface area contributed by atoms with E-state index < -0.39 is 17.9 Å². The van der Waals surface area contributed by atoms with Gasteiger partial charge in [-0.2, -0.15) is 5.10 Å². The highest BCUT2D eigenvalue weighted by Crippen LogP contribution is 2.31. The monoisotopic (exact) mass is 407 g/mol. The summed E-state index contributed by atoms with van der Waals surface area (Å²) in [5.41, 5.74) is 3.02. The van der Waals surface area contributed by atoms with Gasteiger partial charge in [0.2, 0.25) is 5.91 Å². The van der Waals surface area contributed by atoms with E-state index in [1.807, 2.05) is 44.2 Å². The van der Waals surface area contributed by atoms with Gasteiger partial charge in [0.15, 0.2) is 0 Å². The normalized spacial score (nSPS) is 16.3. The second-order valence-corrected chi connectivity index (χ2v) is 7.13. The van der Waals surface area contributed by atoms with Crippen molar-refractivity contribution >= 4 is 17.6 Å². The van der Waals surface area contributed by atoms with Crippen LogP contribution in [0.1, 0.15) is 23.0 Å². The lowest BCUT2D eigenvalue weighted by molar-refractivity contribution is -0.127. The number of para-hydroxylation sites is 2. The number of anilines is 1. The van der Waals surface area contributed by atoms with E-state index in [1.54, 1.807) is 16.8 Å². The van der Waals surface area contributed by atoms with E-state index in [-0.39, 0.29) is 11.6 Å². The number of benzene rings is 2. The summed E-state index contributed by atoms with van der Waals surface area (Å²) in [6.45, 7) is 4.31. The summed E-state index contributed by atoms with van der Waals surface area (Å²) < 4.78 is 15.8. The van der Waals surface area contributed by atoms with Crippen molar-refractivity contribution < 1.29 is 14.0 Å². The standard InChI is InChI=1S/C22H22FN5O2/c1-14-19(15(2)28(26-14)16-8-4-3-5-9-16)20-21(29)24-12-13-27(20)22(30)25-18-11-7-6-10-17(18)23/h3-11,20H,12-13H2,1-2H3,(H,24,29)(H,25,30). The Hall–Kier alpha value is -3.68. The fraction of sp³-hybridized carbons (Fsp3) is 0.227. The molecule has 0 aliphatic carbocycles. The molecule has 0 radical (unpaired) electrons. The van der Waals surface area contributed by atoms with Crippen LogP contribution in [0.15, 0.2) is 54.6 Å². The second kappa shape index (κ2) is 7.98. The summed E-state index contributed by atoms with van der Waals surface area (Å²) in [5.74, 6) is -0.822. The lowest BCUT2D eigenvalue weighted by atomic mass is 10.0. The van der Waals surface area contributed by atoms with Crippen LogP contribution in [0.4, 0.5) is 14.9 Å². The molecule has 1 fully saturated rings. The Bertz CT molecular complexity index is 1100. The van der Waals surface area contributed by atoms with Gasteiger partial charge in [-0.15, -0.1) is 0 Å². The molecule has 3 aromatic rings. The lowest BCUT2D eigenvalue weighted by Crippen LogP contribution is -2.53. The molecule has 2 N–H and O–H groups in total. The van der Waals surface area contributed by atoms with Crippen LogP contribution < -0.4 is 10.6 Å². The highest BCUT2D eigenvalue weighted by molar-refractivity contribution is 5.95. The number of aryl methyl sites for hydroxylation is 1. The Morgan fingerprint density at radius 3 is 2.57 bits per heavy atom. The third-order valence-electron chi connectivity index (χ3n) is 5.21. The zero-order chi connectivity index (χ0) is 21.3. The van der Waals surface area contributed by atoms with Crippen molar-refractivity contribution in [3.8, 4) is 5.69 Å². The Kier molecular flexibility index (Phi) is 5.22. The third kappa shape index (κ3) is 3.52. The number of carbonyl (C=O) groups is 2. The minimum atomic E-state index is -0.858. The molecular formula is C22H22FN5O2. The molecule has 8 heteroatoms. The van der Waals surface area contributed by atoms with Crippen molar-refractivity contribution in [2.75, 3.05) is 18.4 Å². The van der Waals surface area contributed by atoms with Crippen LogP contribution in [0.3, 0.4) is 0 Å². The van der Waals surface area contributed by atoms with E-state index in [2.05, 4.69) is 15.7 Å². The number of nitrogens with zero attached hydrogens (tertiary/aromatic N) is 3. The molecular weight excluding hydrogens is 385 g/mol. The zero-order valence-corrected chi connectivity index (χ0v) is 16.7. The Labute approximate surface area is 173 Å². The van der Waals surface area contributed by atoms with Crippen LogP contribution in [0.25, 0.3) is 5.69 Å². The Balaban J connectivity index is 1.71. The molecule has 30 heavy (non-hydrogen) atoms. The molecule has 2 heterocycles. The fourth-order valence-corrected chi connectivity index (χ4v) is 3.79. The first-order valence-corrected chi connectivity index (χ1v) is 9.69. The summed E-state index contributed by atoms with van der Waals surface area (Å²) in [6, 6.07) is 14.1. The van der Waals surface area contributed by atoms with Crippen molar-refractivity contribution in [1.82, 2.24) is 20.0 Å². The molecule has 1 aliphatic rings. The Morgan fingerprint density at radius 2 is 1.83 bits per heavy atom. The topological polar surface area (TPSA) is 79.3 Å². The van der Waals surface area contributed by atoms with E-state index in [0.717, 1.165) is 11.4 Å². The summed E-state index contributed by atoms with van der Waals surface area (Å²) in [5, 5.41) is 10.0. The SMILES string of the molecule is Cc1nn(-c2ccccc2)c(C)c1C1C(=O)NCCN1C(=O)Nc1ccccc1F. The molecule has 0 spiro atoms. The number of piperazine rings is 1.